The monoisotopic (exact) mass is 394 g/mol. The quantitative estimate of drug-likeness (QED) is 0.416. The van der Waals surface area contributed by atoms with Gasteiger partial charge in [-0.3, -0.25) is 0 Å². The minimum atomic E-state index is 0.774. The number of halogens is 1. The number of rotatable bonds is 4. The third kappa shape index (κ3) is 3.63. The highest BCUT2D eigenvalue weighted by Crippen LogP contribution is 2.29. The van der Waals surface area contributed by atoms with Gasteiger partial charge in [-0.1, -0.05) is 75.4 Å². The number of hydrogen-bond acceptors (Lipinski definition) is 4. The van der Waals surface area contributed by atoms with Gasteiger partial charge in [0.2, 0.25) is 0 Å². The van der Waals surface area contributed by atoms with Crippen molar-refractivity contribution >= 4 is 51.2 Å². The molecule has 2 aromatic carbocycles. The van der Waals surface area contributed by atoms with Crippen molar-refractivity contribution in [2.75, 3.05) is 0 Å². The van der Waals surface area contributed by atoms with Crippen LogP contribution < -0.4 is 0 Å². The Balaban J connectivity index is 1.79. The zero-order chi connectivity index (χ0) is 14.7. The average molecular weight is 395 g/mol. The molecule has 0 spiro atoms. The molecule has 6 heteroatoms. The maximum atomic E-state index is 5.41. The average Bonchev–Trinajstić information content (AvgIpc) is 2.88. The van der Waals surface area contributed by atoms with E-state index in [1.807, 2.05) is 47.1 Å². The fourth-order valence-electron chi connectivity index (χ4n) is 1.81. The van der Waals surface area contributed by atoms with Crippen molar-refractivity contribution in [2.45, 2.75) is 10.1 Å². The maximum absolute atomic E-state index is 5.41. The van der Waals surface area contributed by atoms with Crippen LogP contribution in [-0.4, -0.2) is 9.78 Å². The summed E-state index contributed by atoms with van der Waals surface area (Å²) in [5, 5.41) is 4.60. The van der Waals surface area contributed by atoms with Crippen LogP contribution in [0.2, 0.25) is 0 Å². The maximum Gasteiger partial charge on any atom is 0.184 e. The van der Waals surface area contributed by atoms with E-state index in [9.17, 15) is 0 Å². The SMILES string of the molecule is S=c1sc(SCc2ccccc2Br)nn1-c1ccccc1. The molecular formula is C15H11BrN2S3. The second kappa shape index (κ2) is 6.87. The fraction of sp³-hybridized carbons (Fsp3) is 0.0667. The van der Waals surface area contributed by atoms with Gasteiger partial charge in [-0.05, 0) is 36.0 Å². The molecule has 0 N–H and O–H groups in total. The van der Waals surface area contributed by atoms with Gasteiger partial charge in [0.1, 0.15) is 0 Å². The lowest BCUT2D eigenvalue weighted by molar-refractivity contribution is 0.829. The van der Waals surface area contributed by atoms with Gasteiger partial charge >= 0.3 is 0 Å². The molecule has 3 aromatic rings. The van der Waals surface area contributed by atoms with Crippen LogP contribution in [0, 0.1) is 3.95 Å². The predicted molar refractivity (Wildman–Crippen MR) is 96.0 cm³/mol. The van der Waals surface area contributed by atoms with E-state index >= 15 is 0 Å². The Labute approximate surface area is 145 Å². The summed E-state index contributed by atoms with van der Waals surface area (Å²) in [6, 6.07) is 18.2. The van der Waals surface area contributed by atoms with Crippen LogP contribution in [0.15, 0.2) is 63.4 Å². The van der Waals surface area contributed by atoms with Crippen molar-refractivity contribution in [2.24, 2.45) is 0 Å². The van der Waals surface area contributed by atoms with Crippen molar-refractivity contribution in [3.8, 4) is 5.69 Å². The van der Waals surface area contributed by atoms with E-state index in [1.165, 1.54) is 5.56 Å². The first-order valence-corrected chi connectivity index (χ1v) is 9.26. The number of thioether (sulfide) groups is 1. The molecule has 3 rings (SSSR count). The second-order valence-electron chi connectivity index (χ2n) is 4.26. The summed E-state index contributed by atoms with van der Waals surface area (Å²) in [4.78, 5) is 0. The van der Waals surface area contributed by atoms with Gasteiger partial charge in [-0.15, -0.1) is 5.10 Å². The molecule has 2 nitrogen and oxygen atoms in total. The molecular weight excluding hydrogens is 384 g/mol. The molecule has 0 saturated carbocycles. The van der Waals surface area contributed by atoms with Crippen LogP contribution in [0.25, 0.3) is 5.69 Å². The van der Waals surface area contributed by atoms with E-state index in [0.29, 0.717) is 0 Å². The first-order chi connectivity index (χ1) is 10.2. The van der Waals surface area contributed by atoms with Crippen molar-refractivity contribution in [3.63, 3.8) is 0 Å². The largest absolute Gasteiger partial charge is 0.211 e. The Bertz CT molecular complexity index is 796. The Morgan fingerprint density at radius 2 is 1.81 bits per heavy atom. The van der Waals surface area contributed by atoms with Crippen LogP contribution in [0.4, 0.5) is 0 Å². The minimum Gasteiger partial charge on any atom is -0.211 e. The first kappa shape index (κ1) is 15.0. The number of benzene rings is 2. The summed E-state index contributed by atoms with van der Waals surface area (Å²) in [5.41, 5.74) is 2.27. The van der Waals surface area contributed by atoms with E-state index in [1.54, 1.807) is 23.1 Å². The molecule has 0 amide bonds. The lowest BCUT2D eigenvalue weighted by atomic mass is 10.2. The summed E-state index contributed by atoms with van der Waals surface area (Å²) >= 11 is 12.2. The smallest absolute Gasteiger partial charge is 0.184 e. The van der Waals surface area contributed by atoms with E-state index < -0.39 is 0 Å². The van der Waals surface area contributed by atoms with Crippen molar-refractivity contribution in [3.05, 3.63) is 68.6 Å². The number of aromatic nitrogens is 2. The molecule has 0 fully saturated rings. The molecule has 21 heavy (non-hydrogen) atoms. The zero-order valence-electron chi connectivity index (χ0n) is 10.9. The highest BCUT2D eigenvalue weighted by Gasteiger charge is 2.07. The molecule has 0 bridgehead atoms. The number of para-hydroxylation sites is 1. The van der Waals surface area contributed by atoms with Gasteiger partial charge < -0.3 is 0 Å². The molecule has 0 radical (unpaired) electrons. The van der Waals surface area contributed by atoms with Crippen molar-refractivity contribution < 1.29 is 0 Å². The third-order valence-corrected chi connectivity index (χ3v) is 6.03. The van der Waals surface area contributed by atoms with E-state index in [4.69, 9.17) is 12.2 Å². The summed E-state index contributed by atoms with van der Waals surface area (Å²) < 4.78 is 4.71. The Morgan fingerprint density at radius 1 is 1.10 bits per heavy atom. The normalized spacial score (nSPS) is 10.7. The summed E-state index contributed by atoms with van der Waals surface area (Å²) in [6.45, 7) is 0. The molecule has 1 heterocycles. The highest BCUT2D eigenvalue weighted by molar-refractivity contribution is 9.10. The van der Waals surface area contributed by atoms with Gasteiger partial charge in [-0.25, -0.2) is 4.68 Å². The fourth-order valence-corrected chi connectivity index (χ4v) is 4.78. The number of hydrogen-bond donors (Lipinski definition) is 0. The molecule has 0 unspecified atom stereocenters. The third-order valence-electron chi connectivity index (χ3n) is 2.84. The van der Waals surface area contributed by atoms with E-state index in [-0.39, 0.29) is 0 Å². The first-order valence-electron chi connectivity index (χ1n) is 6.26. The summed E-state index contributed by atoms with van der Waals surface area (Å²) in [5.74, 6) is 0.874. The summed E-state index contributed by atoms with van der Waals surface area (Å²) in [7, 11) is 0. The van der Waals surface area contributed by atoms with Gasteiger partial charge in [0.05, 0.1) is 5.69 Å². The van der Waals surface area contributed by atoms with E-state index in [0.717, 1.165) is 24.2 Å². The molecule has 0 atom stereocenters. The van der Waals surface area contributed by atoms with Crippen LogP contribution in [0.1, 0.15) is 5.56 Å². The lowest BCUT2D eigenvalue weighted by Gasteiger charge is -2.02. The topological polar surface area (TPSA) is 17.8 Å². The van der Waals surface area contributed by atoms with Gasteiger partial charge in [0, 0.05) is 10.2 Å². The molecule has 106 valence electrons. The van der Waals surface area contributed by atoms with E-state index in [2.05, 4.69) is 33.2 Å². The number of nitrogens with zero attached hydrogens (tertiary/aromatic N) is 2. The lowest BCUT2D eigenvalue weighted by Crippen LogP contribution is -1.95. The predicted octanol–water partition coefficient (Wildman–Crippen LogP) is 5.72. The van der Waals surface area contributed by atoms with Crippen molar-refractivity contribution in [1.29, 1.82) is 0 Å². The molecule has 0 saturated heterocycles. The Kier molecular flexibility index (Phi) is 4.90. The van der Waals surface area contributed by atoms with Crippen LogP contribution >= 0.6 is 51.2 Å². The molecule has 0 aliphatic rings. The minimum absolute atomic E-state index is 0.774. The van der Waals surface area contributed by atoms with Gasteiger partial charge in [-0.2, -0.15) is 0 Å². The highest BCUT2D eigenvalue weighted by atomic mass is 79.9. The van der Waals surface area contributed by atoms with Crippen LogP contribution in [-0.2, 0) is 5.75 Å². The van der Waals surface area contributed by atoms with Crippen molar-refractivity contribution in [1.82, 2.24) is 9.78 Å². The summed E-state index contributed by atoms with van der Waals surface area (Å²) in [6.07, 6.45) is 0. The Hall–Kier alpha value is -0.950. The van der Waals surface area contributed by atoms with Gasteiger partial charge in [0.25, 0.3) is 0 Å². The van der Waals surface area contributed by atoms with Crippen LogP contribution in [0.5, 0.6) is 0 Å². The Morgan fingerprint density at radius 3 is 2.57 bits per heavy atom. The second-order valence-corrected chi connectivity index (χ2v) is 7.96. The molecule has 1 aromatic heterocycles. The molecule has 0 aliphatic carbocycles. The van der Waals surface area contributed by atoms with Gasteiger partial charge in [0.15, 0.2) is 8.29 Å². The van der Waals surface area contributed by atoms with Crippen LogP contribution in [0.3, 0.4) is 0 Å². The zero-order valence-corrected chi connectivity index (χ0v) is 14.9. The molecule has 0 aliphatic heterocycles. The standard InChI is InChI=1S/C15H11BrN2S3/c16-13-9-5-4-6-11(13)10-20-14-17-18(15(19)21-14)12-7-2-1-3-8-12/h1-9H,10H2.